The average Bonchev–Trinajstić information content (AvgIpc) is 3.23. The second-order valence-electron chi connectivity index (χ2n) is 8.74. The minimum absolute atomic E-state index is 0.0690. The number of carbonyl (C=O) groups excluding carboxylic acids is 1. The first-order valence-electron chi connectivity index (χ1n) is 12.1. The van der Waals surface area contributed by atoms with Crippen LogP contribution in [0.1, 0.15) is 54.9 Å². The molecule has 1 aromatic heterocycles. The number of anilines is 1. The van der Waals surface area contributed by atoms with Gasteiger partial charge < -0.3 is 14.6 Å². The number of hydrogen-bond donors (Lipinski definition) is 1. The molecule has 0 aliphatic carbocycles. The van der Waals surface area contributed by atoms with Crippen molar-refractivity contribution in [1.29, 1.82) is 0 Å². The lowest BCUT2D eigenvalue weighted by Crippen LogP contribution is -2.24. The first kappa shape index (κ1) is 24.2. The van der Waals surface area contributed by atoms with Gasteiger partial charge in [-0.05, 0) is 47.4 Å². The van der Waals surface area contributed by atoms with E-state index in [1.807, 2.05) is 61.5 Å². The van der Waals surface area contributed by atoms with Gasteiger partial charge in [-0.1, -0.05) is 62.7 Å². The molecule has 0 aliphatic rings. The number of benzene rings is 3. The summed E-state index contributed by atoms with van der Waals surface area (Å²) in [6.45, 7) is 4.70. The molecule has 4 aromatic rings. The molecule has 3 aromatic carbocycles. The SMILES string of the molecule is CCCCc1nc2cc(N(C)C(=O)CC)ccc2n1Cc1ccc(-c2ccccc2C(=O)O)cc1. The Morgan fingerprint density at radius 2 is 1.74 bits per heavy atom. The van der Waals surface area contributed by atoms with E-state index in [1.54, 1.807) is 24.1 Å². The second-order valence-corrected chi connectivity index (χ2v) is 8.74. The molecule has 0 spiro atoms. The summed E-state index contributed by atoms with van der Waals surface area (Å²) < 4.78 is 2.25. The normalized spacial score (nSPS) is 11.1. The zero-order valence-electron chi connectivity index (χ0n) is 20.5. The van der Waals surface area contributed by atoms with Crippen LogP contribution in [0.3, 0.4) is 0 Å². The molecule has 1 amide bonds. The number of aromatic carboxylic acids is 1. The molecule has 6 nitrogen and oxygen atoms in total. The van der Waals surface area contributed by atoms with E-state index in [4.69, 9.17) is 4.98 Å². The molecule has 4 rings (SSSR count). The Labute approximate surface area is 205 Å². The van der Waals surface area contributed by atoms with Gasteiger partial charge in [-0.15, -0.1) is 0 Å². The van der Waals surface area contributed by atoms with E-state index in [9.17, 15) is 14.7 Å². The van der Waals surface area contributed by atoms with Crippen molar-refractivity contribution in [2.75, 3.05) is 11.9 Å². The summed E-state index contributed by atoms with van der Waals surface area (Å²) in [5.41, 5.74) is 5.76. The molecular weight excluding hydrogens is 438 g/mol. The van der Waals surface area contributed by atoms with E-state index >= 15 is 0 Å². The number of carbonyl (C=O) groups is 2. The minimum atomic E-state index is -0.930. The van der Waals surface area contributed by atoms with Crippen LogP contribution in [-0.2, 0) is 17.8 Å². The number of carboxylic acid groups (broad SMARTS) is 1. The lowest BCUT2D eigenvalue weighted by atomic mass is 9.99. The fraction of sp³-hybridized carbons (Fsp3) is 0.276. The zero-order chi connectivity index (χ0) is 24.9. The molecule has 0 unspecified atom stereocenters. The predicted molar refractivity (Wildman–Crippen MR) is 140 cm³/mol. The zero-order valence-corrected chi connectivity index (χ0v) is 20.5. The van der Waals surface area contributed by atoms with E-state index in [0.29, 0.717) is 24.1 Å². The highest BCUT2D eigenvalue weighted by molar-refractivity contribution is 5.96. The van der Waals surface area contributed by atoms with Gasteiger partial charge in [-0.3, -0.25) is 4.79 Å². The Morgan fingerprint density at radius 1 is 1.00 bits per heavy atom. The lowest BCUT2D eigenvalue weighted by Gasteiger charge is -2.16. The number of aromatic nitrogens is 2. The lowest BCUT2D eigenvalue weighted by molar-refractivity contribution is -0.118. The van der Waals surface area contributed by atoms with E-state index < -0.39 is 5.97 Å². The monoisotopic (exact) mass is 469 g/mol. The van der Waals surface area contributed by atoms with Crippen LogP contribution in [0.4, 0.5) is 5.69 Å². The Bertz CT molecular complexity index is 1360. The number of rotatable bonds is 9. The maximum atomic E-state index is 12.2. The molecule has 0 fully saturated rings. The van der Waals surface area contributed by atoms with Crippen LogP contribution >= 0.6 is 0 Å². The Morgan fingerprint density at radius 3 is 2.43 bits per heavy atom. The number of hydrogen-bond acceptors (Lipinski definition) is 3. The second kappa shape index (κ2) is 10.6. The smallest absolute Gasteiger partial charge is 0.336 e. The first-order chi connectivity index (χ1) is 16.9. The number of imidazole rings is 1. The number of unbranched alkanes of at least 4 members (excludes halogenated alkanes) is 1. The van der Waals surface area contributed by atoms with Crippen molar-refractivity contribution in [3.63, 3.8) is 0 Å². The third-order valence-electron chi connectivity index (χ3n) is 6.39. The van der Waals surface area contributed by atoms with Crippen LogP contribution in [-0.4, -0.2) is 33.6 Å². The van der Waals surface area contributed by atoms with Crippen LogP contribution in [0, 0.1) is 0 Å². The van der Waals surface area contributed by atoms with Gasteiger partial charge in [0, 0.05) is 32.1 Å². The number of nitrogens with zero attached hydrogens (tertiary/aromatic N) is 3. The highest BCUT2D eigenvalue weighted by atomic mass is 16.4. The van der Waals surface area contributed by atoms with Gasteiger partial charge in [0.05, 0.1) is 16.6 Å². The third-order valence-corrected chi connectivity index (χ3v) is 6.39. The van der Waals surface area contributed by atoms with Gasteiger partial charge in [-0.25, -0.2) is 9.78 Å². The van der Waals surface area contributed by atoms with Crippen molar-refractivity contribution >= 4 is 28.6 Å². The average molecular weight is 470 g/mol. The maximum Gasteiger partial charge on any atom is 0.336 e. The topological polar surface area (TPSA) is 75.4 Å². The molecule has 1 N–H and O–H groups in total. The molecule has 180 valence electrons. The van der Waals surface area contributed by atoms with Gasteiger partial charge in [0.2, 0.25) is 5.91 Å². The van der Waals surface area contributed by atoms with Gasteiger partial charge >= 0.3 is 5.97 Å². The van der Waals surface area contributed by atoms with E-state index in [0.717, 1.165) is 52.9 Å². The molecule has 6 heteroatoms. The third kappa shape index (κ3) is 5.11. The van der Waals surface area contributed by atoms with Gasteiger partial charge in [0.1, 0.15) is 5.82 Å². The standard InChI is InChI=1S/C29H31N3O3/c1-4-6-11-27-30-25-18-22(31(3)28(33)5-2)16-17-26(25)32(27)19-20-12-14-21(15-13-20)23-9-7-8-10-24(23)29(34)35/h7-10,12-18H,4-6,11,19H2,1-3H3,(H,34,35). The van der Waals surface area contributed by atoms with E-state index in [-0.39, 0.29) is 5.91 Å². The minimum Gasteiger partial charge on any atom is -0.478 e. The molecular formula is C29H31N3O3. The van der Waals surface area contributed by atoms with Crippen molar-refractivity contribution in [2.45, 2.75) is 46.1 Å². The molecule has 0 aliphatic heterocycles. The summed E-state index contributed by atoms with van der Waals surface area (Å²) >= 11 is 0. The number of fused-ring (bicyclic) bond motifs is 1. The van der Waals surface area contributed by atoms with Gasteiger partial charge in [0.15, 0.2) is 0 Å². The maximum absolute atomic E-state index is 12.2. The highest BCUT2D eigenvalue weighted by Crippen LogP contribution is 2.27. The molecule has 0 atom stereocenters. The predicted octanol–water partition coefficient (Wildman–Crippen LogP) is 6.17. The fourth-order valence-electron chi connectivity index (χ4n) is 4.35. The largest absolute Gasteiger partial charge is 0.478 e. The molecule has 35 heavy (non-hydrogen) atoms. The summed E-state index contributed by atoms with van der Waals surface area (Å²) in [4.78, 5) is 30.4. The Kier molecular flexibility index (Phi) is 7.30. The van der Waals surface area contributed by atoms with Gasteiger partial charge in [0.25, 0.3) is 0 Å². The number of aryl methyl sites for hydroxylation is 1. The summed E-state index contributed by atoms with van der Waals surface area (Å²) in [6, 6.07) is 21.1. The van der Waals surface area contributed by atoms with E-state index in [2.05, 4.69) is 11.5 Å². The highest BCUT2D eigenvalue weighted by Gasteiger charge is 2.15. The van der Waals surface area contributed by atoms with Crippen molar-refractivity contribution < 1.29 is 14.7 Å². The summed E-state index contributed by atoms with van der Waals surface area (Å²) in [7, 11) is 1.80. The van der Waals surface area contributed by atoms with Crippen molar-refractivity contribution in [2.24, 2.45) is 0 Å². The van der Waals surface area contributed by atoms with Crippen LogP contribution in [0.25, 0.3) is 22.2 Å². The molecule has 0 saturated carbocycles. The quantitative estimate of drug-likeness (QED) is 0.318. The van der Waals surface area contributed by atoms with Crippen molar-refractivity contribution in [3.8, 4) is 11.1 Å². The fourth-order valence-corrected chi connectivity index (χ4v) is 4.35. The number of carboxylic acids is 1. The molecule has 0 saturated heterocycles. The van der Waals surface area contributed by atoms with Crippen LogP contribution in [0.2, 0.25) is 0 Å². The van der Waals surface area contributed by atoms with Crippen LogP contribution in [0.15, 0.2) is 66.7 Å². The van der Waals surface area contributed by atoms with Crippen molar-refractivity contribution in [3.05, 3.63) is 83.7 Å². The first-order valence-corrected chi connectivity index (χ1v) is 12.1. The Hall–Kier alpha value is -3.93. The molecule has 0 radical (unpaired) electrons. The summed E-state index contributed by atoms with van der Waals surface area (Å²) in [5.74, 6) is 0.170. The van der Waals surface area contributed by atoms with Crippen LogP contribution in [0.5, 0.6) is 0 Å². The summed E-state index contributed by atoms with van der Waals surface area (Å²) in [6.07, 6.45) is 3.47. The van der Waals surface area contributed by atoms with Crippen molar-refractivity contribution in [1.82, 2.24) is 9.55 Å². The van der Waals surface area contributed by atoms with E-state index in [1.165, 1.54) is 0 Å². The molecule has 1 heterocycles. The number of amides is 1. The molecule has 0 bridgehead atoms. The van der Waals surface area contributed by atoms with Crippen LogP contribution < -0.4 is 4.90 Å². The van der Waals surface area contributed by atoms with Gasteiger partial charge in [-0.2, -0.15) is 0 Å². The Balaban J connectivity index is 1.67. The summed E-state index contributed by atoms with van der Waals surface area (Å²) in [5, 5.41) is 9.52.